The summed E-state index contributed by atoms with van der Waals surface area (Å²) in [6, 6.07) is 18.0. The second kappa shape index (κ2) is 12.1. The van der Waals surface area contributed by atoms with Crippen molar-refractivity contribution in [3.05, 3.63) is 83.4 Å². The smallest absolute Gasteiger partial charge is 0.410 e. The molecule has 2 aromatic carbocycles. The molecule has 0 aliphatic carbocycles. The number of amides is 1. The molecule has 1 saturated heterocycles. The van der Waals surface area contributed by atoms with E-state index in [1.807, 2.05) is 91.6 Å². The Morgan fingerprint density at radius 1 is 1.12 bits per heavy atom. The number of ether oxygens (including phenoxy) is 2. The van der Waals surface area contributed by atoms with E-state index in [2.05, 4.69) is 9.88 Å². The standard InChI is InChI=1S/C30H36N6O3S/c1-30(2,3)39-29(37)34(4)20-26-32-27(23-11-8-17-35(19-23)28-31-16-18-40-28)36(33-26)24-12-14-25(15-13-24)38-21-22-9-6-5-7-10-22/h5-7,9-10,12-16,18,23H,8,11,17,19-21H2,1-4H3. The zero-order valence-electron chi connectivity index (χ0n) is 23.5. The van der Waals surface area contributed by atoms with Gasteiger partial charge >= 0.3 is 6.09 Å². The van der Waals surface area contributed by atoms with Gasteiger partial charge in [0.2, 0.25) is 0 Å². The van der Waals surface area contributed by atoms with Gasteiger partial charge in [0.1, 0.15) is 23.8 Å². The molecular formula is C30H36N6O3S. The molecule has 0 spiro atoms. The van der Waals surface area contributed by atoms with Crippen molar-refractivity contribution < 1.29 is 14.3 Å². The molecular weight excluding hydrogens is 524 g/mol. The van der Waals surface area contributed by atoms with Crippen LogP contribution in [0.15, 0.2) is 66.2 Å². The molecule has 1 unspecified atom stereocenters. The van der Waals surface area contributed by atoms with E-state index in [1.54, 1.807) is 18.4 Å². The van der Waals surface area contributed by atoms with E-state index in [4.69, 9.17) is 19.6 Å². The number of aromatic nitrogens is 4. The normalized spacial score (nSPS) is 15.6. The molecule has 1 atom stereocenters. The Bertz CT molecular complexity index is 1380. The highest BCUT2D eigenvalue weighted by atomic mass is 32.1. The zero-order chi connectivity index (χ0) is 28.1. The monoisotopic (exact) mass is 560 g/mol. The third kappa shape index (κ3) is 6.98. The summed E-state index contributed by atoms with van der Waals surface area (Å²) < 4.78 is 13.4. The van der Waals surface area contributed by atoms with Crippen molar-refractivity contribution in [3.8, 4) is 11.4 Å². The number of hydrogen-bond donors (Lipinski definition) is 0. The van der Waals surface area contributed by atoms with Crippen LogP contribution >= 0.6 is 11.3 Å². The molecule has 1 fully saturated rings. The van der Waals surface area contributed by atoms with Crippen LogP contribution in [0.5, 0.6) is 5.75 Å². The number of hydrogen-bond acceptors (Lipinski definition) is 8. The summed E-state index contributed by atoms with van der Waals surface area (Å²) in [6.07, 6.45) is 3.48. The van der Waals surface area contributed by atoms with Crippen LogP contribution in [0.2, 0.25) is 0 Å². The molecule has 9 nitrogen and oxygen atoms in total. The third-order valence-electron chi connectivity index (χ3n) is 6.57. The first-order valence-corrected chi connectivity index (χ1v) is 14.4. The summed E-state index contributed by atoms with van der Waals surface area (Å²) >= 11 is 1.65. The highest BCUT2D eigenvalue weighted by molar-refractivity contribution is 7.13. The number of benzene rings is 2. The first-order chi connectivity index (χ1) is 19.2. The fourth-order valence-electron chi connectivity index (χ4n) is 4.66. The molecule has 4 aromatic rings. The van der Waals surface area contributed by atoms with Crippen LogP contribution in [0.3, 0.4) is 0 Å². The molecule has 40 heavy (non-hydrogen) atoms. The first-order valence-electron chi connectivity index (χ1n) is 13.6. The maximum absolute atomic E-state index is 12.6. The van der Waals surface area contributed by atoms with Gasteiger partial charge in [0.25, 0.3) is 0 Å². The summed E-state index contributed by atoms with van der Waals surface area (Å²) in [5.74, 6) is 2.40. The minimum Gasteiger partial charge on any atom is -0.489 e. The lowest BCUT2D eigenvalue weighted by molar-refractivity contribution is 0.0281. The molecule has 0 radical (unpaired) electrons. The van der Waals surface area contributed by atoms with E-state index in [1.165, 1.54) is 4.90 Å². The second-order valence-electron chi connectivity index (χ2n) is 11.0. The minimum atomic E-state index is -0.574. The predicted molar refractivity (Wildman–Crippen MR) is 156 cm³/mol. The molecule has 0 bridgehead atoms. The minimum absolute atomic E-state index is 0.166. The largest absolute Gasteiger partial charge is 0.489 e. The lowest BCUT2D eigenvalue weighted by Gasteiger charge is -2.32. The van der Waals surface area contributed by atoms with E-state index in [0.717, 1.165) is 53.9 Å². The highest BCUT2D eigenvalue weighted by Gasteiger charge is 2.29. The second-order valence-corrected chi connectivity index (χ2v) is 11.9. The van der Waals surface area contributed by atoms with Gasteiger partial charge < -0.3 is 19.3 Å². The molecule has 1 aliphatic heterocycles. The van der Waals surface area contributed by atoms with Crippen LogP contribution in [0.1, 0.15) is 56.7 Å². The van der Waals surface area contributed by atoms with Gasteiger partial charge in [0.05, 0.1) is 12.2 Å². The number of carbonyl (C=O) groups excluding carboxylic acids is 1. The Kier molecular flexibility index (Phi) is 8.35. The van der Waals surface area contributed by atoms with Crippen LogP contribution in [0.25, 0.3) is 5.69 Å². The van der Waals surface area contributed by atoms with Crippen LogP contribution in [0.4, 0.5) is 9.93 Å². The van der Waals surface area contributed by atoms with Crippen molar-refractivity contribution in [2.45, 2.75) is 58.3 Å². The van der Waals surface area contributed by atoms with E-state index in [0.29, 0.717) is 12.4 Å². The summed E-state index contributed by atoms with van der Waals surface area (Å²) in [7, 11) is 1.71. The van der Waals surface area contributed by atoms with Gasteiger partial charge in [0, 0.05) is 37.6 Å². The molecule has 0 N–H and O–H groups in total. The lowest BCUT2D eigenvalue weighted by atomic mass is 9.97. The maximum Gasteiger partial charge on any atom is 0.410 e. The Balaban J connectivity index is 1.38. The summed E-state index contributed by atoms with van der Waals surface area (Å²) in [6.45, 7) is 8.10. The lowest BCUT2D eigenvalue weighted by Crippen LogP contribution is -2.35. The van der Waals surface area contributed by atoms with Gasteiger partial charge in [-0.1, -0.05) is 30.3 Å². The summed E-state index contributed by atoms with van der Waals surface area (Å²) in [5.41, 5.74) is 1.44. The van der Waals surface area contributed by atoms with Crippen molar-refractivity contribution in [2.75, 3.05) is 25.0 Å². The van der Waals surface area contributed by atoms with Crippen LogP contribution in [0, 0.1) is 0 Å². The van der Waals surface area contributed by atoms with Crippen molar-refractivity contribution >= 4 is 22.6 Å². The third-order valence-corrected chi connectivity index (χ3v) is 7.40. The van der Waals surface area contributed by atoms with Crippen LogP contribution in [-0.4, -0.2) is 56.5 Å². The van der Waals surface area contributed by atoms with Gasteiger partial charge in [-0.3, -0.25) is 0 Å². The Morgan fingerprint density at radius 2 is 1.90 bits per heavy atom. The average Bonchev–Trinajstić information content (AvgIpc) is 3.63. The molecule has 1 aliphatic rings. The Labute approximate surface area is 239 Å². The molecule has 1 amide bonds. The van der Waals surface area contributed by atoms with E-state index >= 15 is 0 Å². The molecule has 10 heteroatoms. The quantitative estimate of drug-likeness (QED) is 0.259. The van der Waals surface area contributed by atoms with Gasteiger partial charge in [-0.15, -0.1) is 16.4 Å². The van der Waals surface area contributed by atoms with E-state index < -0.39 is 11.7 Å². The first kappa shape index (κ1) is 27.6. The van der Waals surface area contributed by atoms with Crippen molar-refractivity contribution in [2.24, 2.45) is 0 Å². The topological polar surface area (TPSA) is 85.6 Å². The molecule has 0 saturated carbocycles. The van der Waals surface area contributed by atoms with Crippen molar-refractivity contribution in [1.82, 2.24) is 24.6 Å². The summed E-state index contributed by atoms with van der Waals surface area (Å²) in [4.78, 5) is 25.9. The van der Waals surface area contributed by atoms with Crippen molar-refractivity contribution in [3.63, 3.8) is 0 Å². The predicted octanol–water partition coefficient (Wildman–Crippen LogP) is 6.05. The number of piperidine rings is 1. The van der Waals surface area contributed by atoms with Gasteiger partial charge in [0.15, 0.2) is 11.0 Å². The zero-order valence-corrected chi connectivity index (χ0v) is 24.3. The van der Waals surface area contributed by atoms with Gasteiger partial charge in [-0.2, -0.15) is 0 Å². The fourth-order valence-corrected chi connectivity index (χ4v) is 5.34. The van der Waals surface area contributed by atoms with Crippen LogP contribution < -0.4 is 9.64 Å². The Morgan fingerprint density at radius 3 is 2.60 bits per heavy atom. The number of nitrogens with zero attached hydrogens (tertiary/aromatic N) is 6. The van der Waals surface area contributed by atoms with Crippen molar-refractivity contribution in [1.29, 1.82) is 0 Å². The molecule has 210 valence electrons. The number of thiazole rings is 1. The molecule has 5 rings (SSSR count). The van der Waals surface area contributed by atoms with Gasteiger partial charge in [-0.25, -0.2) is 19.4 Å². The molecule has 3 heterocycles. The van der Waals surface area contributed by atoms with Gasteiger partial charge in [-0.05, 0) is 63.4 Å². The maximum atomic E-state index is 12.6. The highest BCUT2D eigenvalue weighted by Crippen LogP contribution is 2.31. The van der Waals surface area contributed by atoms with E-state index in [-0.39, 0.29) is 12.5 Å². The number of anilines is 1. The summed E-state index contributed by atoms with van der Waals surface area (Å²) in [5, 5.41) is 7.90. The van der Waals surface area contributed by atoms with E-state index in [9.17, 15) is 4.79 Å². The average molecular weight is 561 g/mol. The van der Waals surface area contributed by atoms with Crippen LogP contribution in [-0.2, 0) is 17.9 Å². The number of carbonyl (C=O) groups is 1. The fraction of sp³-hybridized carbons (Fsp3) is 0.400. The molecule has 2 aromatic heterocycles. The number of rotatable bonds is 8. The Hall–Kier alpha value is -3.92. The SMILES string of the molecule is CN(Cc1nc(C2CCCN(c3nccs3)C2)n(-c2ccc(OCc3ccccc3)cc2)n1)C(=O)OC(C)(C)C.